The Labute approximate surface area is 77.7 Å². The molecule has 4 heteroatoms. The Hall–Kier alpha value is -0.610. The topological polar surface area (TPSA) is 38.8 Å². The van der Waals surface area contributed by atoms with Crippen LogP contribution in [0, 0.1) is 5.92 Å². The van der Waals surface area contributed by atoms with Crippen LogP contribution in [0.2, 0.25) is 0 Å². The summed E-state index contributed by atoms with van der Waals surface area (Å²) in [4.78, 5) is 16.5. The van der Waals surface area contributed by atoms with Crippen molar-refractivity contribution in [3.05, 3.63) is 0 Å². The van der Waals surface area contributed by atoms with Crippen LogP contribution in [0.3, 0.4) is 0 Å². The molecule has 0 aromatic heterocycles. The van der Waals surface area contributed by atoms with Crippen LogP contribution in [0.1, 0.15) is 19.3 Å². The molecule has 0 spiro atoms. The summed E-state index contributed by atoms with van der Waals surface area (Å²) in [5.41, 5.74) is 0. The quantitative estimate of drug-likeness (QED) is 0.590. The van der Waals surface area contributed by atoms with Gasteiger partial charge in [0, 0.05) is 7.05 Å². The van der Waals surface area contributed by atoms with Crippen molar-refractivity contribution < 1.29 is 14.4 Å². The van der Waals surface area contributed by atoms with Crippen molar-refractivity contribution in [2.45, 2.75) is 31.5 Å². The molecule has 0 radical (unpaired) electrons. The van der Waals surface area contributed by atoms with Crippen molar-refractivity contribution in [1.29, 1.82) is 0 Å². The van der Waals surface area contributed by atoms with E-state index in [1.807, 2.05) is 0 Å². The summed E-state index contributed by atoms with van der Waals surface area (Å²) >= 11 is 0. The number of nitrogens with zero attached hydrogens (tertiary/aromatic N) is 1. The molecule has 2 bridgehead atoms. The molecule has 2 fully saturated rings. The average Bonchev–Trinajstić information content (AvgIpc) is 2.76. The highest BCUT2D eigenvalue weighted by atomic mass is 16.7. The Balaban J connectivity index is 1.98. The van der Waals surface area contributed by atoms with Crippen molar-refractivity contribution in [3.8, 4) is 0 Å². The van der Waals surface area contributed by atoms with E-state index in [2.05, 4.69) is 0 Å². The van der Waals surface area contributed by atoms with Crippen LogP contribution in [0.5, 0.6) is 0 Å². The van der Waals surface area contributed by atoms with Crippen molar-refractivity contribution >= 4 is 5.91 Å². The number of hydroxylamine groups is 2. The van der Waals surface area contributed by atoms with Gasteiger partial charge in [-0.25, -0.2) is 5.06 Å². The van der Waals surface area contributed by atoms with Gasteiger partial charge in [-0.2, -0.15) is 0 Å². The molecule has 2 heterocycles. The van der Waals surface area contributed by atoms with E-state index in [0.29, 0.717) is 6.10 Å². The highest BCUT2D eigenvalue weighted by molar-refractivity contribution is 5.78. The van der Waals surface area contributed by atoms with E-state index in [0.717, 1.165) is 19.3 Å². The number of ether oxygens (including phenoxy) is 1. The van der Waals surface area contributed by atoms with Crippen molar-refractivity contribution in [2.75, 3.05) is 14.2 Å². The Morgan fingerprint density at radius 1 is 1.54 bits per heavy atom. The Bertz CT molecular complexity index is 219. The third-order valence-corrected chi connectivity index (χ3v) is 3.01. The Kier molecular flexibility index (Phi) is 2.26. The fourth-order valence-electron chi connectivity index (χ4n) is 2.22. The van der Waals surface area contributed by atoms with Gasteiger partial charge in [0.2, 0.25) is 0 Å². The highest BCUT2D eigenvalue weighted by Crippen LogP contribution is 2.39. The standard InChI is InChI=1S/C9H15NO3/c1-10(12-2)9(11)7-5-6-3-4-8(7)13-6/h6-8H,3-5H2,1-2H3/t6-,7-,8+/m1/s1. The van der Waals surface area contributed by atoms with Crippen LogP contribution in [-0.2, 0) is 14.4 Å². The van der Waals surface area contributed by atoms with Crippen LogP contribution < -0.4 is 0 Å². The first-order chi connectivity index (χ1) is 6.22. The first kappa shape index (κ1) is 8.97. The van der Waals surface area contributed by atoms with E-state index in [1.165, 1.54) is 12.2 Å². The molecule has 4 nitrogen and oxygen atoms in total. The van der Waals surface area contributed by atoms with Crippen LogP contribution in [-0.4, -0.2) is 37.3 Å². The molecule has 3 atom stereocenters. The lowest BCUT2D eigenvalue weighted by atomic mass is 9.88. The molecule has 2 saturated heterocycles. The maximum Gasteiger partial charge on any atom is 0.251 e. The van der Waals surface area contributed by atoms with Gasteiger partial charge < -0.3 is 4.74 Å². The predicted octanol–water partition coefficient (Wildman–Crippen LogP) is 0.574. The van der Waals surface area contributed by atoms with Crippen LogP contribution in [0.25, 0.3) is 0 Å². The number of carbonyl (C=O) groups excluding carboxylic acids is 1. The van der Waals surface area contributed by atoms with Gasteiger partial charge in [-0.15, -0.1) is 0 Å². The fraction of sp³-hybridized carbons (Fsp3) is 0.889. The molecule has 0 aliphatic carbocycles. The van der Waals surface area contributed by atoms with Gasteiger partial charge in [0.05, 0.1) is 25.2 Å². The molecule has 0 aromatic carbocycles. The second kappa shape index (κ2) is 3.27. The van der Waals surface area contributed by atoms with Gasteiger partial charge in [0.15, 0.2) is 0 Å². The first-order valence-electron chi connectivity index (χ1n) is 4.69. The molecule has 0 N–H and O–H groups in total. The molecule has 2 aliphatic heterocycles. The first-order valence-corrected chi connectivity index (χ1v) is 4.69. The number of hydrogen-bond donors (Lipinski definition) is 0. The molecule has 0 unspecified atom stereocenters. The van der Waals surface area contributed by atoms with Crippen LogP contribution in [0.4, 0.5) is 0 Å². The minimum absolute atomic E-state index is 0.0312. The fourth-order valence-corrected chi connectivity index (χ4v) is 2.22. The summed E-state index contributed by atoms with van der Waals surface area (Å²) in [6.45, 7) is 0. The van der Waals surface area contributed by atoms with Gasteiger partial charge >= 0.3 is 0 Å². The molecule has 0 aromatic rings. The summed E-state index contributed by atoms with van der Waals surface area (Å²) < 4.78 is 5.60. The average molecular weight is 185 g/mol. The van der Waals surface area contributed by atoms with E-state index in [-0.39, 0.29) is 17.9 Å². The predicted molar refractivity (Wildman–Crippen MR) is 45.8 cm³/mol. The van der Waals surface area contributed by atoms with E-state index in [1.54, 1.807) is 7.05 Å². The van der Waals surface area contributed by atoms with Gasteiger partial charge in [-0.1, -0.05) is 0 Å². The van der Waals surface area contributed by atoms with E-state index in [4.69, 9.17) is 9.57 Å². The number of amides is 1. The number of rotatable bonds is 2. The van der Waals surface area contributed by atoms with E-state index >= 15 is 0 Å². The lowest BCUT2D eigenvalue weighted by Crippen LogP contribution is -2.36. The zero-order valence-corrected chi connectivity index (χ0v) is 8.03. The maximum absolute atomic E-state index is 11.7. The monoisotopic (exact) mass is 185 g/mol. The molecular formula is C9H15NO3. The van der Waals surface area contributed by atoms with Crippen LogP contribution >= 0.6 is 0 Å². The van der Waals surface area contributed by atoms with Crippen molar-refractivity contribution in [3.63, 3.8) is 0 Å². The SMILES string of the molecule is CON(C)C(=O)[C@@H]1C[C@H]2CC[C@@H]1O2. The van der Waals surface area contributed by atoms with Gasteiger partial charge in [0.25, 0.3) is 5.91 Å². The number of carbonyl (C=O) groups is 1. The molecule has 74 valence electrons. The Morgan fingerprint density at radius 2 is 2.31 bits per heavy atom. The zero-order valence-electron chi connectivity index (χ0n) is 8.03. The third-order valence-electron chi connectivity index (χ3n) is 3.01. The van der Waals surface area contributed by atoms with Gasteiger partial charge in [-0.05, 0) is 19.3 Å². The molecule has 1 amide bonds. The minimum atomic E-state index is 0.0312. The highest BCUT2D eigenvalue weighted by Gasteiger charge is 2.45. The smallest absolute Gasteiger partial charge is 0.251 e. The minimum Gasteiger partial charge on any atom is -0.374 e. The normalized spacial score (nSPS) is 36.6. The molecule has 2 rings (SSSR count). The maximum atomic E-state index is 11.7. The summed E-state index contributed by atoms with van der Waals surface area (Å²) in [7, 11) is 3.15. The van der Waals surface area contributed by atoms with E-state index < -0.39 is 0 Å². The molecule has 2 aliphatic rings. The molecular weight excluding hydrogens is 170 g/mol. The Morgan fingerprint density at radius 3 is 2.77 bits per heavy atom. The van der Waals surface area contributed by atoms with Crippen molar-refractivity contribution in [2.24, 2.45) is 5.92 Å². The summed E-state index contributed by atoms with van der Waals surface area (Å²) in [5, 5.41) is 1.30. The zero-order chi connectivity index (χ0) is 9.42. The number of hydrogen-bond acceptors (Lipinski definition) is 3. The molecule has 0 saturated carbocycles. The second-order valence-corrected chi connectivity index (χ2v) is 3.73. The summed E-state index contributed by atoms with van der Waals surface area (Å²) in [5.74, 6) is 0.0819. The second-order valence-electron chi connectivity index (χ2n) is 3.73. The third kappa shape index (κ3) is 1.44. The lowest BCUT2D eigenvalue weighted by molar-refractivity contribution is -0.175. The molecule has 13 heavy (non-hydrogen) atoms. The van der Waals surface area contributed by atoms with Gasteiger partial charge in [-0.3, -0.25) is 9.63 Å². The van der Waals surface area contributed by atoms with E-state index in [9.17, 15) is 4.79 Å². The number of fused-ring (bicyclic) bond motifs is 2. The summed E-state index contributed by atoms with van der Waals surface area (Å²) in [6.07, 6.45) is 3.49. The largest absolute Gasteiger partial charge is 0.374 e. The van der Waals surface area contributed by atoms with Crippen molar-refractivity contribution in [1.82, 2.24) is 5.06 Å². The summed E-state index contributed by atoms with van der Waals surface area (Å²) in [6, 6.07) is 0. The van der Waals surface area contributed by atoms with Gasteiger partial charge in [0.1, 0.15) is 0 Å². The lowest BCUT2D eigenvalue weighted by Gasteiger charge is -2.22. The van der Waals surface area contributed by atoms with Crippen LogP contribution in [0.15, 0.2) is 0 Å².